The number of halogens is 2. The Morgan fingerprint density at radius 3 is 2.72 bits per heavy atom. The van der Waals surface area contributed by atoms with Crippen molar-refractivity contribution in [1.29, 1.82) is 0 Å². The maximum atomic E-state index is 6.06. The molecule has 1 aromatic rings. The van der Waals surface area contributed by atoms with Gasteiger partial charge in [0.25, 0.3) is 0 Å². The van der Waals surface area contributed by atoms with E-state index in [1.54, 1.807) is 7.11 Å². The molecule has 1 heterocycles. The minimum absolute atomic E-state index is 0.301. The van der Waals surface area contributed by atoms with Crippen molar-refractivity contribution in [2.45, 2.75) is 32.2 Å². The van der Waals surface area contributed by atoms with Gasteiger partial charge in [-0.2, -0.15) is 0 Å². The van der Waals surface area contributed by atoms with Gasteiger partial charge in [-0.05, 0) is 13.3 Å². The zero-order chi connectivity index (χ0) is 13.5. The predicted molar refractivity (Wildman–Crippen MR) is 75.6 cm³/mol. The highest BCUT2D eigenvalue weighted by Gasteiger charge is 2.19. The summed E-state index contributed by atoms with van der Waals surface area (Å²) in [7, 11) is 1.68. The number of anilines is 1. The van der Waals surface area contributed by atoms with Crippen LogP contribution < -0.4 is 4.90 Å². The smallest absolute Gasteiger partial charge is 0.138 e. The van der Waals surface area contributed by atoms with E-state index in [1.165, 1.54) is 6.33 Å². The van der Waals surface area contributed by atoms with E-state index >= 15 is 0 Å². The molecule has 0 N–H and O–H groups in total. The third-order valence-corrected chi connectivity index (χ3v) is 3.53. The SMILES string of the molecule is CCC(C)N(CCOC)c1ncnc(Cl)c1CCl. The summed E-state index contributed by atoms with van der Waals surface area (Å²) in [5.41, 5.74) is 0.775. The molecule has 0 aliphatic rings. The molecule has 0 aliphatic heterocycles. The highest BCUT2D eigenvalue weighted by Crippen LogP contribution is 2.26. The average molecular weight is 292 g/mol. The molecular formula is C12H19Cl2N3O. The number of hydrogen-bond donors (Lipinski definition) is 0. The van der Waals surface area contributed by atoms with Crippen molar-refractivity contribution in [2.24, 2.45) is 0 Å². The Labute approximate surface area is 118 Å². The van der Waals surface area contributed by atoms with Gasteiger partial charge in [-0.1, -0.05) is 18.5 Å². The van der Waals surface area contributed by atoms with Crippen molar-refractivity contribution in [1.82, 2.24) is 9.97 Å². The third-order valence-electron chi connectivity index (χ3n) is 2.93. The van der Waals surface area contributed by atoms with Crippen LogP contribution >= 0.6 is 23.2 Å². The molecule has 1 unspecified atom stereocenters. The van der Waals surface area contributed by atoms with E-state index in [2.05, 4.69) is 28.7 Å². The summed E-state index contributed by atoms with van der Waals surface area (Å²) in [5.74, 6) is 1.10. The van der Waals surface area contributed by atoms with Crippen LogP contribution in [0.25, 0.3) is 0 Å². The molecule has 0 spiro atoms. The summed E-state index contributed by atoms with van der Waals surface area (Å²) >= 11 is 12.0. The van der Waals surface area contributed by atoms with Crippen LogP contribution in [0.2, 0.25) is 5.15 Å². The van der Waals surface area contributed by atoms with Gasteiger partial charge in [0.05, 0.1) is 12.5 Å². The number of nitrogens with zero attached hydrogens (tertiary/aromatic N) is 3. The molecule has 0 saturated carbocycles. The Morgan fingerprint density at radius 2 is 2.17 bits per heavy atom. The van der Waals surface area contributed by atoms with Gasteiger partial charge < -0.3 is 9.64 Å². The first-order chi connectivity index (χ1) is 8.65. The van der Waals surface area contributed by atoms with Crippen LogP contribution in [0.15, 0.2) is 6.33 Å². The first-order valence-electron chi connectivity index (χ1n) is 5.96. The second-order valence-corrected chi connectivity index (χ2v) is 4.67. The molecule has 18 heavy (non-hydrogen) atoms. The van der Waals surface area contributed by atoms with Crippen molar-refractivity contribution >= 4 is 29.0 Å². The number of alkyl halides is 1. The van der Waals surface area contributed by atoms with Crippen LogP contribution in [0, 0.1) is 0 Å². The summed E-state index contributed by atoms with van der Waals surface area (Å²) in [4.78, 5) is 10.5. The Morgan fingerprint density at radius 1 is 1.44 bits per heavy atom. The Bertz CT molecular complexity index is 376. The lowest BCUT2D eigenvalue weighted by molar-refractivity contribution is 0.203. The van der Waals surface area contributed by atoms with E-state index in [4.69, 9.17) is 27.9 Å². The minimum atomic E-state index is 0.301. The highest BCUT2D eigenvalue weighted by atomic mass is 35.5. The van der Waals surface area contributed by atoms with Gasteiger partial charge in [0.2, 0.25) is 0 Å². The fourth-order valence-corrected chi connectivity index (χ4v) is 2.20. The normalized spacial score (nSPS) is 12.5. The summed E-state index contributed by atoms with van der Waals surface area (Å²) < 4.78 is 5.14. The Kier molecular flexibility index (Phi) is 6.68. The molecule has 102 valence electrons. The standard InChI is InChI=1S/C12H19Cl2N3O/c1-4-9(2)17(5-6-18-3)12-10(7-13)11(14)15-8-16-12/h8-9H,4-7H2,1-3H3. The molecule has 0 fully saturated rings. The van der Waals surface area contributed by atoms with E-state index in [9.17, 15) is 0 Å². The van der Waals surface area contributed by atoms with Crippen molar-refractivity contribution in [3.8, 4) is 0 Å². The largest absolute Gasteiger partial charge is 0.383 e. The van der Waals surface area contributed by atoms with Gasteiger partial charge in [0.15, 0.2) is 0 Å². The first-order valence-corrected chi connectivity index (χ1v) is 6.87. The summed E-state index contributed by atoms with van der Waals surface area (Å²) in [5, 5.41) is 0.417. The van der Waals surface area contributed by atoms with Crippen molar-refractivity contribution in [3.63, 3.8) is 0 Å². The molecule has 6 heteroatoms. The van der Waals surface area contributed by atoms with Crippen LogP contribution in [-0.4, -0.2) is 36.3 Å². The molecule has 0 aliphatic carbocycles. The zero-order valence-corrected chi connectivity index (χ0v) is 12.5. The molecule has 0 radical (unpaired) electrons. The zero-order valence-electron chi connectivity index (χ0n) is 11.0. The third kappa shape index (κ3) is 3.70. The lowest BCUT2D eigenvalue weighted by Gasteiger charge is -2.30. The first kappa shape index (κ1) is 15.5. The molecule has 4 nitrogen and oxygen atoms in total. The monoisotopic (exact) mass is 291 g/mol. The van der Waals surface area contributed by atoms with E-state index in [-0.39, 0.29) is 0 Å². The van der Waals surface area contributed by atoms with E-state index in [0.717, 1.165) is 24.3 Å². The van der Waals surface area contributed by atoms with Gasteiger partial charge in [0, 0.05) is 25.3 Å². The van der Waals surface area contributed by atoms with Gasteiger partial charge in [-0.3, -0.25) is 0 Å². The fourth-order valence-electron chi connectivity index (χ4n) is 1.69. The molecule has 0 aromatic carbocycles. The van der Waals surface area contributed by atoms with Gasteiger partial charge in [-0.25, -0.2) is 9.97 Å². The molecule has 1 aromatic heterocycles. The van der Waals surface area contributed by atoms with Gasteiger partial charge >= 0.3 is 0 Å². The molecule has 1 rings (SSSR count). The minimum Gasteiger partial charge on any atom is -0.383 e. The van der Waals surface area contributed by atoms with Crippen molar-refractivity contribution in [2.75, 3.05) is 25.2 Å². The quantitative estimate of drug-likeness (QED) is 0.571. The van der Waals surface area contributed by atoms with Gasteiger partial charge in [0.1, 0.15) is 17.3 Å². The highest BCUT2D eigenvalue weighted by molar-refractivity contribution is 6.31. The average Bonchev–Trinajstić information content (AvgIpc) is 2.39. The molecule has 0 bridgehead atoms. The number of aromatic nitrogens is 2. The number of rotatable bonds is 7. The molecule has 0 amide bonds. The number of methoxy groups -OCH3 is 1. The predicted octanol–water partition coefficient (Wildman–Crippen LogP) is 3.12. The maximum absolute atomic E-state index is 6.06. The second kappa shape index (κ2) is 7.77. The van der Waals surface area contributed by atoms with E-state index in [0.29, 0.717) is 23.7 Å². The Balaban J connectivity index is 3.07. The van der Waals surface area contributed by atoms with Crippen LogP contribution in [-0.2, 0) is 10.6 Å². The van der Waals surface area contributed by atoms with Gasteiger partial charge in [-0.15, -0.1) is 11.6 Å². The summed E-state index contributed by atoms with van der Waals surface area (Å²) in [6, 6.07) is 0.341. The van der Waals surface area contributed by atoms with Crippen LogP contribution in [0.3, 0.4) is 0 Å². The van der Waals surface area contributed by atoms with E-state index < -0.39 is 0 Å². The van der Waals surface area contributed by atoms with E-state index in [1.807, 2.05) is 0 Å². The van der Waals surface area contributed by atoms with Crippen molar-refractivity contribution in [3.05, 3.63) is 17.0 Å². The topological polar surface area (TPSA) is 38.2 Å². The lowest BCUT2D eigenvalue weighted by atomic mass is 10.2. The fraction of sp³-hybridized carbons (Fsp3) is 0.667. The van der Waals surface area contributed by atoms with Crippen LogP contribution in [0.5, 0.6) is 0 Å². The van der Waals surface area contributed by atoms with Crippen molar-refractivity contribution < 1.29 is 4.74 Å². The maximum Gasteiger partial charge on any atom is 0.138 e. The Hall–Kier alpha value is -0.580. The lowest BCUT2D eigenvalue weighted by Crippen LogP contribution is -2.36. The number of hydrogen-bond acceptors (Lipinski definition) is 4. The summed E-state index contributed by atoms with van der Waals surface area (Å²) in [6.45, 7) is 5.66. The molecular weight excluding hydrogens is 273 g/mol. The molecule has 0 saturated heterocycles. The summed E-state index contributed by atoms with van der Waals surface area (Å²) in [6.07, 6.45) is 2.48. The van der Waals surface area contributed by atoms with Crippen LogP contribution in [0.4, 0.5) is 5.82 Å². The van der Waals surface area contributed by atoms with Crippen LogP contribution in [0.1, 0.15) is 25.8 Å². The second-order valence-electron chi connectivity index (χ2n) is 4.04. The molecule has 1 atom stereocenters. The number of ether oxygens (including phenoxy) is 1.